The monoisotopic (exact) mass is 310 g/mol. The highest BCUT2D eigenvalue weighted by molar-refractivity contribution is 7.89. The molecule has 1 saturated heterocycles. The lowest BCUT2D eigenvalue weighted by molar-refractivity contribution is 0.427. The fourth-order valence-electron chi connectivity index (χ4n) is 2.57. The molecular weight excluding hydrogens is 292 g/mol. The van der Waals surface area contributed by atoms with Gasteiger partial charge in [-0.05, 0) is 25.0 Å². The molecule has 7 nitrogen and oxygen atoms in total. The molecule has 0 saturated carbocycles. The summed E-state index contributed by atoms with van der Waals surface area (Å²) in [6, 6.07) is 2.88. The minimum atomic E-state index is -3.58. The summed E-state index contributed by atoms with van der Waals surface area (Å²) in [6.45, 7) is 1.54. The third-order valence-electron chi connectivity index (χ3n) is 3.56. The summed E-state index contributed by atoms with van der Waals surface area (Å²) in [7, 11) is -1.72. The quantitative estimate of drug-likeness (QED) is 0.910. The maximum atomic E-state index is 12.2. The first kappa shape index (κ1) is 14.2. The van der Waals surface area contributed by atoms with E-state index in [1.807, 2.05) is 13.2 Å². The number of furan rings is 1. The van der Waals surface area contributed by atoms with Crippen LogP contribution in [0.1, 0.15) is 12.8 Å². The van der Waals surface area contributed by atoms with Gasteiger partial charge in [0, 0.05) is 32.4 Å². The Morgan fingerprint density at radius 1 is 1.48 bits per heavy atom. The topological polar surface area (TPSA) is 80.4 Å². The van der Waals surface area contributed by atoms with Gasteiger partial charge in [-0.15, -0.1) is 0 Å². The van der Waals surface area contributed by atoms with Crippen molar-refractivity contribution in [3.05, 3.63) is 30.8 Å². The molecule has 0 bridgehead atoms. The molecule has 1 aliphatic rings. The summed E-state index contributed by atoms with van der Waals surface area (Å²) < 4.78 is 33.8. The van der Waals surface area contributed by atoms with Gasteiger partial charge in [-0.1, -0.05) is 0 Å². The van der Waals surface area contributed by atoms with Gasteiger partial charge < -0.3 is 9.32 Å². The van der Waals surface area contributed by atoms with E-state index in [0.29, 0.717) is 6.54 Å². The Hall–Kier alpha value is -1.80. The Labute approximate surface area is 123 Å². The molecule has 3 rings (SSSR count). The van der Waals surface area contributed by atoms with Crippen molar-refractivity contribution in [3.8, 4) is 0 Å². The van der Waals surface area contributed by atoms with Crippen LogP contribution in [0.15, 0.2) is 40.3 Å². The van der Waals surface area contributed by atoms with Crippen molar-refractivity contribution >= 4 is 15.7 Å². The SMILES string of the molecule is Cn1cc(N2CCCC(NS(=O)(=O)c3ccco3)C2)cn1. The molecule has 0 aliphatic carbocycles. The molecule has 3 heterocycles. The summed E-state index contributed by atoms with van der Waals surface area (Å²) in [4.78, 5) is 2.14. The fourth-order valence-corrected chi connectivity index (χ4v) is 3.76. The molecule has 114 valence electrons. The van der Waals surface area contributed by atoms with Crippen molar-refractivity contribution in [2.24, 2.45) is 7.05 Å². The Morgan fingerprint density at radius 2 is 2.33 bits per heavy atom. The molecule has 1 atom stereocenters. The van der Waals surface area contributed by atoms with Gasteiger partial charge in [-0.25, -0.2) is 13.1 Å². The summed E-state index contributed by atoms with van der Waals surface area (Å²) in [6.07, 6.45) is 6.83. The first-order valence-corrected chi connectivity index (χ1v) is 8.32. The third kappa shape index (κ3) is 3.11. The first-order chi connectivity index (χ1) is 10.0. The molecule has 8 heteroatoms. The largest absolute Gasteiger partial charge is 0.452 e. The minimum absolute atomic E-state index is 0.0407. The summed E-state index contributed by atoms with van der Waals surface area (Å²) in [5.41, 5.74) is 1.01. The first-order valence-electron chi connectivity index (χ1n) is 6.84. The molecule has 1 aliphatic heterocycles. The van der Waals surface area contributed by atoms with Crippen LogP contribution in [0.2, 0.25) is 0 Å². The number of hydrogen-bond acceptors (Lipinski definition) is 5. The number of hydrogen-bond donors (Lipinski definition) is 1. The molecule has 1 unspecified atom stereocenters. The highest BCUT2D eigenvalue weighted by Crippen LogP contribution is 2.20. The summed E-state index contributed by atoms with van der Waals surface area (Å²) in [5.74, 6) is 0. The molecule has 1 N–H and O–H groups in total. The standard InChI is InChI=1S/C13H18N4O3S/c1-16-10-12(8-14-16)17-6-2-4-11(9-17)15-21(18,19)13-5-3-7-20-13/h3,5,7-8,10-11,15H,2,4,6,9H2,1H3. The molecular formula is C13H18N4O3S. The predicted molar refractivity (Wildman–Crippen MR) is 77.5 cm³/mol. The average Bonchev–Trinajstić information content (AvgIpc) is 3.09. The van der Waals surface area contributed by atoms with E-state index in [1.165, 1.54) is 12.3 Å². The van der Waals surface area contributed by atoms with Crippen molar-refractivity contribution in [1.82, 2.24) is 14.5 Å². The van der Waals surface area contributed by atoms with Gasteiger partial charge in [0.15, 0.2) is 0 Å². The van der Waals surface area contributed by atoms with Crippen LogP contribution in [0.4, 0.5) is 5.69 Å². The van der Waals surface area contributed by atoms with E-state index < -0.39 is 10.0 Å². The van der Waals surface area contributed by atoms with Crippen LogP contribution in [-0.2, 0) is 17.1 Å². The molecule has 1 fully saturated rings. The molecule has 21 heavy (non-hydrogen) atoms. The van der Waals surface area contributed by atoms with Crippen LogP contribution < -0.4 is 9.62 Å². The molecule has 0 spiro atoms. The highest BCUT2D eigenvalue weighted by atomic mass is 32.2. The van der Waals surface area contributed by atoms with Crippen molar-refractivity contribution in [1.29, 1.82) is 0 Å². The van der Waals surface area contributed by atoms with Crippen molar-refractivity contribution in [2.75, 3.05) is 18.0 Å². The molecule has 0 aromatic carbocycles. The normalized spacial score (nSPS) is 19.9. The molecule has 2 aromatic rings. The van der Waals surface area contributed by atoms with Crippen LogP contribution in [-0.4, -0.2) is 37.3 Å². The Balaban J connectivity index is 1.69. The number of piperidine rings is 1. The van der Waals surface area contributed by atoms with Crippen molar-refractivity contribution < 1.29 is 12.8 Å². The maximum Gasteiger partial charge on any atom is 0.274 e. The lowest BCUT2D eigenvalue weighted by atomic mass is 10.1. The van der Waals surface area contributed by atoms with Crippen molar-refractivity contribution in [2.45, 2.75) is 24.0 Å². The zero-order chi connectivity index (χ0) is 14.9. The van der Waals surface area contributed by atoms with E-state index in [9.17, 15) is 8.42 Å². The van der Waals surface area contributed by atoms with Gasteiger partial charge in [0.2, 0.25) is 5.09 Å². The van der Waals surface area contributed by atoms with E-state index in [0.717, 1.165) is 25.1 Å². The number of aromatic nitrogens is 2. The number of nitrogens with one attached hydrogen (secondary N) is 1. The van der Waals surface area contributed by atoms with Crippen LogP contribution in [0.5, 0.6) is 0 Å². The van der Waals surface area contributed by atoms with E-state index in [-0.39, 0.29) is 11.1 Å². The smallest absolute Gasteiger partial charge is 0.274 e. The van der Waals surface area contributed by atoms with Gasteiger partial charge in [0.05, 0.1) is 18.1 Å². The number of anilines is 1. The summed E-state index contributed by atoms with van der Waals surface area (Å²) >= 11 is 0. The van der Waals surface area contributed by atoms with E-state index in [2.05, 4.69) is 14.7 Å². The molecule has 2 aromatic heterocycles. The second-order valence-corrected chi connectivity index (χ2v) is 6.86. The van der Waals surface area contributed by atoms with Gasteiger partial charge in [-0.3, -0.25) is 4.68 Å². The van der Waals surface area contributed by atoms with Crippen molar-refractivity contribution in [3.63, 3.8) is 0 Å². The maximum absolute atomic E-state index is 12.2. The number of nitrogens with zero attached hydrogens (tertiary/aromatic N) is 3. The molecule has 0 amide bonds. The predicted octanol–water partition coefficient (Wildman–Crippen LogP) is 0.960. The average molecular weight is 310 g/mol. The third-order valence-corrected chi connectivity index (χ3v) is 4.97. The zero-order valence-corrected chi connectivity index (χ0v) is 12.6. The zero-order valence-electron chi connectivity index (χ0n) is 11.8. The van der Waals surface area contributed by atoms with E-state index in [1.54, 1.807) is 16.9 Å². The van der Waals surface area contributed by atoms with Crippen LogP contribution in [0.3, 0.4) is 0 Å². The van der Waals surface area contributed by atoms with Gasteiger partial charge >= 0.3 is 0 Å². The fraction of sp³-hybridized carbons (Fsp3) is 0.462. The second kappa shape index (κ2) is 5.53. The lowest BCUT2D eigenvalue weighted by Crippen LogP contribution is -2.47. The van der Waals surface area contributed by atoms with Gasteiger partial charge in [-0.2, -0.15) is 5.10 Å². The Kier molecular flexibility index (Phi) is 3.73. The Bertz CT molecular complexity index is 693. The van der Waals surface area contributed by atoms with Gasteiger partial charge in [0.25, 0.3) is 10.0 Å². The lowest BCUT2D eigenvalue weighted by Gasteiger charge is -2.33. The Morgan fingerprint density at radius 3 is 3.00 bits per heavy atom. The van der Waals surface area contributed by atoms with E-state index >= 15 is 0 Å². The second-order valence-electron chi connectivity index (χ2n) is 5.21. The molecule has 0 radical (unpaired) electrons. The van der Waals surface area contributed by atoms with Crippen LogP contribution in [0, 0.1) is 0 Å². The number of aryl methyl sites for hydroxylation is 1. The highest BCUT2D eigenvalue weighted by Gasteiger charge is 2.27. The minimum Gasteiger partial charge on any atom is -0.452 e. The summed E-state index contributed by atoms with van der Waals surface area (Å²) in [5, 5.41) is 4.11. The number of sulfonamides is 1. The number of rotatable bonds is 4. The van der Waals surface area contributed by atoms with Gasteiger partial charge in [0.1, 0.15) is 0 Å². The van der Waals surface area contributed by atoms with Crippen LogP contribution >= 0.6 is 0 Å². The van der Waals surface area contributed by atoms with Crippen LogP contribution in [0.25, 0.3) is 0 Å². The van der Waals surface area contributed by atoms with E-state index in [4.69, 9.17) is 4.42 Å².